The highest BCUT2D eigenvalue weighted by molar-refractivity contribution is 7.80. The topological polar surface area (TPSA) is 112 Å². The third-order valence-electron chi connectivity index (χ3n) is 1.90. The Hall–Kier alpha value is -1.12. The van der Waals surface area contributed by atoms with Crippen molar-refractivity contribution in [3.63, 3.8) is 0 Å². The van der Waals surface area contributed by atoms with E-state index in [0.29, 0.717) is 5.75 Å². The van der Waals surface area contributed by atoms with Crippen LogP contribution in [0, 0.1) is 10.1 Å². The zero-order valence-electron chi connectivity index (χ0n) is 7.70. The number of hydrogen-bond acceptors (Lipinski definition) is 6. The molecule has 0 radical (unpaired) electrons. The summed E-state index contributed by atoms with van der Waals surface area (Å²) in [5.41, 5.74) is -0.158. The summed E-state index contributed by atoms with van der Waals surface area (Å²) in [6, 6.07) is 0. The first-order valence-corrected chi connectivity index (χ1v) is 4.85. The van der Waals surface area contributed by atoms with Gasteiger partial charge in [0, 0.05) is 0 Å². The number of aromatic nitrogens is 2. The number of imidazole rings is 1. The van der Waals surface area contributed by atoms with Crippen molar-refractivity contribution in [2.24, 2.45) is 0 Å². The van der Waals surface area contributed by atoms with Gasteiger partial charge in [-0.2, -0.15) is 12.6 Å². The van der Waals surface area contributed by atoms with Crippen LogP contribution in [0.15, 0.2) is 6.33 Å². The number of thiol groups is 1. The molecule has 0 aliphatic carbocycles. The van der Waals surface area contributed by atoms with Gasteiger partial charge in [-0.1, -0.05) is 0 Å². The Morgan fingerprint density at radius 3 is 2.87 bits per heavy atom. The predicted molar refractivity (Wildman–Crippen MR) is 54.7 cm³/mol. The van der Waals surface area contributed by atoms with Gasteiger partial charge in [-0.25, -0.2) is 9.97 Å². The molecule has 1 heterocycles. The Kier molecular flexibility index (Phi) is 4.06. The van der Waals surface area contributed by atoms with Crippen LogP contribution in [0.1, 0.15) is 18.2 Å². The minimum atomic E-state index is -1.37. The number of H-pyrrole nitrogens is 1. The summed E-state index contributed by atoms with van der Waals surface area (Å²) in [4.78, 5) is 15.7. The largest absolute Gasteiger partial charge is 0.390 e. The van der Waals surface area contributed by atoms with E-state index >= 15 is 0 Å². The van der Waals surface area contributed by atoms with Gasteiger partial charge in [-0.15, -0.1) is 0 Å². The molecule has 0 bridgehead atoms. The van der Waals surface area contributed by atoms with Gasteiger partial charge in [-0.3, -0.25) is 0 Å². The van der Waals surface area contributed by atoms with Crippen LogP contribution in [0.25, 0.3) is 0 Å². The fourth-order valence-electron chi connectivity index (χ4n) is 1.13. The minimum absolute atomic E-state index is 0.158. The van der Waals surface area contributed by atoms with E-state index in [2.05, 4.69) is 22.6 Å². The van der Waals surface area contributed by atoms with Crippen LogP contribution in [0.2, 0.25) is 0 Å². The minimum Gasteiger partial charge on any atom is -0.390 e. The molecular formula is C7H11N3O4S. The van der Waals surface area contributed by atoms with Crippen molar-refractivity contribution in [1.82, 2.24) is 9.97 Å². The second-order valence-corrected chi connectivity index (χ2v) is 3.37. The van der Waals surface area contributed by atoms with E-state index in [0.717, 1.165) is 6.33 Å². The van der Waals surface area contributed by atoms with Crippen LogP contribution in [-0.2, 0) is 0 Å². The maximum absolute atomic E-state index is 10.5. The molecule has 0 fully saturated rings. The maximum Gasteiger partial charge on any atom is 0.346 e. The van der Waals surface area contributed by atoms with Crippen molar-refractivity contribution in [3.8, 4) is 0 Å². The summed E-state index contributed by atoms with van der Waals surface area (Å²) in [5, 5.41) is 29.5. The Morgan fingerprint density at radius 2 is 2.33 bits per heavy atom. The summed E-state index contributed by atoms with van der Waals surface area (Å²) in [5.74, 6) is -0.0306. The van der Waals surface area contributed by atoms with Crippen LogP contribution in [0.3, 0.4) is 0 Å². The summed E-state index contributed by atoms with van der Waals surface area (Å²) in [6.45, 7) is 0. The van der Waals surface area contributed by atoms with Gasteiger partial charge in [0.1, 0.15) is 6.10 Å². The highest BCUT2D eigenvalue weighted by atomic mass is 32.1. The normalized spacial score (nSPS) is 14.9. The van der Waals surface area contributed by atoms with Crippen molar-refractivity contribution >= 4 is 18.4 Å². The Morgan fingerprint density at radius 1 is 1.67 bits per heavy atom. The molecule has 1 aromatic heterocycles. The van der Waals surface area contributed by atoms with Gasteiger partial charge in [0.25, 0.3) is 0 Å². The fraction of sp³-hybridized carbons (Fsp3) is 0.571. The SMILES string of the molecule is O=[N+]([O-])c1[nH]cnc1C(O)C(O)CCS. The standard InChI is InChI=1S/C7H11N3O4S/c11-4(1-2-15)6(12)5-7(10(13)14)9-3-8-5/h3-4,6,11-12,15H,1-2H2,(H,8,9). The van der Waals surface area contributed by atoms with Crippen LogP contribution in [0.4, 0.5) is 5.82 Å². The van der Waals surface area contributed by atoms with E-state index in [4.69, 9.17) is 0 Å². The van der Waals surface area contributed by atoms with Gasteiger partial charge in [0.2, 0.25) is 0 Å². The molecule has 1 aromatic rings. The molecule has 8 heteroatoms. The monoisotopic (exact) mass is 233 g/mol. The van der Waals surface area contributed by atoms with E-state index in [9.17, 15) is 20.3 Å². The Balaban J connectivity index is 2.85. The first kappa shape index (κ1) is 12.0. The lowest BCUT2D eigenvalue weighted by Gasteiger charge is -2.14. The molecule has 0 saturated heterocycles. The molecule has 3 N–H and O–H groups in total. The second kappa shape index (κ2) is 5.10. The zero-order chi connectivity index (χ0) is 11.4. The van der Waals surface area contributed by atoms with Crippen LogP contribution < -0.4 is 0 Å². The van der Waals surface area contributed by atoms with Crippen molar-refractivity contribution in [1.29, 1.82) is 0 Å². The number of hydrogen-bond donors (Lipinski definition) is 4. The third-order valence-corrected chi connectivity index (χ3v) is 2.16. The summed E-state index contributed by atoms with van der Waals surface area (Å²) < 4.78 is 0. The first-order valence-electron chi connectivity index (χ1n) is 4.22. The molecule has 0 spiro atoms. The number of nitro groups is 1. The second-order valence-electron chi connectivity index (χ2n) is 2.92. The van der Waals surface area contributed by atoms with Crippen LogP contribution in [-0.4, -0.2) is 37.0 Å². The number of aromatic amines is 1. The van der Waals surface area contributed by atoms with Gasteiger partial charge < -0.3 is 20.3 Å². The molecule has 0 aromatic carbocycles. The maximum atomic E-state index is 10.5. The van der Waals surface area contributed by atoms with E-state index < -0.39 is 22.9 Å². The molecular weight excluding hydrogens is 222 g/mol. The molecule has 0 aliphatic rings. The number of nitrogens with zero attached hydrogens (tertiary/aromatic N) is 2. The Labute approximate surface area is 90.7 Å². The van der Waals surface area contributed by atoms with Crippen molar-refractivity contribution in [2.75, 3.05) is 5.75 Å². The van der Waals surface area contributed by atoms with E-state index in [1.54, 1.807) is 0 Å². The molecule has 0 amide bonds. The molecule has 0 saturated carbocycles. The number of aliphatic hydroxyl groups is 2. The average molecular weight is 233 g/mol. The van der Waals surface area contributed by atoms with Crippen molar-refractivity contribution in [2.45, 2.75) is 18.6 Å². The molecule has 2 unspecified atom stereocenters. The van der Waals surface area contributed by atoms with Crippen molar-refractivity contribution < 1.29 is 15.1 Å². The highest BCUT2D eigenvalue weighted by Gasteiger charge is 2.27. The van der Waals surface area contributed by atoms with E-state index in [-0.39, 0.29) is 12.1 Å². The van der Waals surface area contributed by atoms with Gasteiger partial charge in [-0.05, 0) is 17.1 Å². The van der Waals surface area contributed by atoms with E-state index in [1.165, 1.54) is 0 Å². The van der Waals surface area contributed by atoms with Crippen LogP contribution in [0.5, 0.6) is 0 Å². The molecule has 7 nitrogen and oxygen atoms in total. The van der Waals surface area contributed by atoms with Gasteiger partial charge in [0.15, 0.2) is 12.0 Å². The molecule has 84 valence electrons. The number of nitrogens with one attached hydrogen (secondary N) is 1. The lowest BCUT2D eigenvalue weighted by Crippen LogP contribution is -2.19. The van der Waals surface area contributed by atoms with Crippen molar-refractivity contribution in [3.05, 3.63) is 22.1 Å². The summed E-state index contributed by atoms with van der Waals surface area (Å²) in [6.07, 6.45) is -1.15. The quantitative estimate of drug-likeness (QED) is 0.325. The predicted octanol–water partition coefficient (Wildman–Crippen LogP) is 0.0321. The lowest BCUT2D eigenvalue weighted by atomic mass is 10.1. The highest BCUT2D eigenvalue weighted by Crippen LogP contribution is 2.24. The van der Waals surface area contributed by atoms with Gasteiger partial charge in [0.05, 0.1) is 6.10 Å². The van der Waals surface area contributed by atoms with Gasteiger partial charge >= 0.3 is 5.82 Å². The summed E-state index contributed by atoms with van der Waals surface area (Å²) >= 11 is 3.89. The number of aliphatic hydroxyl groups excluding tert-OH is 2. The summed E-state index contributed by atoms with van der Waals surface area (Å²) in [7, 11) is 0. The third kappa shape index (κ3) is 2.67. The molecule has 15 heavy (non-hydrogen) atoms. The van der Waals surface area contributed by atoms with E-state index in [1.807, 2.05) is 0 Å². The zero-order valence-corrected chi connectivity index (χ0v) is 8.59. The fourth-order valence-corrected chi connectivity index (χ4v) is 1.40. The van der Waals surface area contributed by atoms with Crippen LogP contribution >= 0.6 is 12.6 Å². The molecule has 0 aliphatic heterocycles. The molecule has 1 rings (SSSR count). The Bertz CT molecular complexity index is 343. The first-order chi connectivity index (χ1) is 7.07. The lowest BCUT2D eigenvalue weighted by molar-refractivity contribution is -0.390. The average Bonchev–Trinajstić information content (AvgIpc) is 2.65. The molecule has 2 atom stereocenters. The smallest absolute Gasteiger partial charge is 0.346 e. The number of rotatable bonds is 5.